The molecule has 5 nitrogen and oxygen atoms in total. The third-order valence-electron chi connectivity index (χ3n) is 3.05. The lowest BCUT2D eigenvalue weighted by atomic mass is 10.1. The summed E-state index contributed by atoms with van der Waals surface area (Å²) >= 11 is 0. The summed E-state index contributed by atoms with van der Waals surface area (Å²) in [6.07, 6.45) is -0.484. The average molecular weight is 270 g/mol. The lowest BCUT2D eigenvalue weighted by molar-refractivity contribution is 0.0375. The molecule has 0 saturated carbocycles. The quantitative estimate of drug-likeness (QED) is 0.899. The number of benzene rings is 2. The monoisotopic (exact) mass is 270 g/mol. The summed E-state index contributed by atoms with van der Waals surface area (Å²) in [5, 5.41) is 9.79. The minimum absolute atomic E-state index is 0.0666. The summed E-state index contributed by atoms with van der Waals surface area (Å²) in [6, 6.07) is 14.8. The highest BCUT2D eigenvalue weighted by Gasteiger charge is 2.21. The molecule has 3 rings (SSSR count). The van der Waals surface area contributed by atoms with Crippen LogP contribution in [0, 0.1) is 0 Å². The van der Waals surface area contributed by atoms with E-state index >= 15 is 0 Å². The van der Waals surface area contributed by atoms with Crippen LogP contribution in [0.15, 0.2) is 53.5 Å². The standard InChI is InChI=1S/C15H14N2O3/c1-19-13-8-7-11(9-12(13)18)15-16-14(17-20-15)10-5-3-2-4-6-10/h2-9,15,18H,1H3,(H,16,17)/t15-/m0/s1. The number of nitrogens with zero attached hydrogens (tertiary/aromatic N) is 1. The van der Waals surface area contributed by atoms with Crippen LogP contribution in [-0.4, -0.2) is 18.1 Å². The largest absolute Gasteiger partial charge is 0.504 e. The van der Waals surface area contributed by atoms with Gasteiger partial charge in [0.05, 0.1) is 7.11 Å². The molecular weight excluding hydrogens is 256 g/mol. The van der Waals surface area contributed by atoms with Gasteiger partial charge in [-0.3, -0.25) is 0 Å². The minimum atomic E-state index is -0.484. The molecule has 0 saturated heterocycles. The second-order valence-corrected chi connectivity index (χ2v) is 4.35. The Bertz CT molecular complexity index is 641. The van der Waals surface area contributed by atoms with E-state index in [1.165, 1.54) is 7.11 Å². The molecule has 20 heavy (non-hydrogen) atoms. The number of amidine groups is 1. The zero-order valence-corrected chi connectivity index (χ0v) is 10.9. The van der Waals surface area contributed by atoms with Crippen molar-refractivity contribution >= 4 is 5.84 Å². The molecule has 0 radical (unpaired) electrons. The van der Waals surface area contributed by atoms with Gasteiger partial charge in [0.1, 0.15) is 0 Å². The number of methoxy groups -OCH3 is 1. The highest BCUT2D eigenvalue weighted by Crippen LogP contribution is 2.31. The zero-order chi connectivity index (χ0) is 13.9. The number of hydroxylamine groups is 1. The second kappa shape index (κ2) is 5.22. The van der Waals surface area contributed by atoms with Gasteiger partial charge in [-0.1, -0.05) is 36.4 Å². The SMILES string of the molecule is COc1ccc([C@H]2N=C(c3ccccc3)NO2)cc1O. The van der Waals surface area contributed by atoms with Crippen LogP contribution in [0.5, 0.6) is 11.5 Å². The van der Waals surface area contributed by atoms with E-state index in [9.17, 15) is 5.11 Å². The summed E-state index contributed by atoms with van der Waals surface area (Å²) in [6.45, 7) is 0. The maximum absolute atomic E-state index is 9.79. The van der Waals surface area contributed by atoms with Gasteiger partial charge < -0.3 is 9.84 Å². The van der Waals surface area contributed by atoms with Crippen molar-refractivity contribution in [1.29, 1.82) is 0 Å². The third kappa shape index (κ3) is 2.31. The fourth-order valence-electron chi connectivity index (χ4n) is 2.01. The number of nitrogens with one attached hydrogen (secondary N) is 1. The maximum Gasteiger partial charge on any atom is 0.202 e. The molecule has 0 bridgehead atoms. The Morgan fingerprint density at radius 3 is 2.70 bits per heavy atom. The molecule has 2 aromatic carbocycles. The van der Waals surface area contributed by atoms with Crippen molar-refractivity contribution in [1.82, 2.24) is 5.48 Å². The van der Waals surface area contributed by atoms with Crippen molar-refractivity contribution in [2.45, 2.75) is 6.23 Å². The molecule has 0 spiro atoms. The Kier molecular flexibility index (Phi) is 3.26. The molecule has 5 heteroatoms. The number of phenols is 1. The average Bonchev–Trinajstić information content (AvgIpc) is 2.98. The van der Waals surface area contributed by atoms with Crippen LogP contribution in [-0.2, 0) is 4.84 Å². The predicted octanol–water partition coefficient (Wildman–Crippen LogP) is 2.38. The first kappa shape index (κ1) is 12.5. The number of aromatic hydroxyl groups is 1. The van der Waals surface area contributed by atoms with Crippen molar-refractivity contribution in [2.24, 2.45) is 4.99 Å². The first-order chi connectivity index (χ1) is 9.78. The molecular formula is C15H14N2O3. The minimum Gasteiger partial charge on any atom is -0.504 e. The molecule has 2 N–H and O–H groups in total. The van der Waals surface area contributed by atoms with Crippen LogP contribution >= 0.6 is 0 Å². The number of aliphatic imine (C=N–C) groups is 1. The molecule has 2 aromatic rings. The van der Waals surface area contributed by atoms with Crippen molar-refractivity contribution in [3.63, 3.8) is 0 Å². The van der Waals surface area contributed by atoms with Gasteiger partial charge in [0, 0.05) is 11.1 Å². The number of phenolic OH excluding ortho intramolecular Hbond substituents is 1. The van der Waals surface area contributed by atoms with E-state index < -0.39 is 6.23 Å². The van der Waals surface area contributed by atoms with Crippen LogP contribution in [0.25, 0.3) is 0 Å². The van der Waals surface area contributed by atoms with Crippen molar-refractivity contribution < 1.29 is 14.7 Å². The number of hydrogen-bond acceptors (Lipinski definition) is 5. The van der Waals surface area contributed by atoms with E-state index in [4.69, 9.17) is 9.57 Å². The van der Waals surface area contributed by atoms with Crippen LogP contribution in [0.4, 0.5) is 0 Å². The summed E-state index contributed by atoms with van der Waals surface area (Å²) in [5.74, 6) is 1.16. The first-order valence-corrected chi connectivity index (χ1v) is 6.20. The van der Waals surface area contributed by atoms with Crippen molar-refractivity contribution in [3.8, 4) is 11.5 Å². The van der Waals surface area contributed by atoms with Gasteiger partial charge in [-0.15, -0.1) is 0 Å². The normalized spacial score (nSPS) is 17.4. The Morgan fingerprint density at radius 1 is 1.20 bits per heavy atom. The predicted molar refractivity (Wildman–Crippen MR) is 74.6 cm³/mol. The Labute approximate surface area is 116 Å². The zero-order valence-electron chi connectivity index (χ0n) is 10.9. The molecule has 1 aliphatic heterocycles. The Hall–Kier alpha value is -2.53. The topological polar surface area (TPSA) is 63.1 Å². The lowest BCUT2D eigenvalue weighted by Gasteiger charge is -2.08. The number of rotatable bonds is 3. The van der Waals surface area contributed by atoms with Gasteiger partial charge in [0.25, 0.3) is 0 Å². The molecule has 0 aromatic heterocycles. The third-order valence-corrected chi connectivity index (χ3v) is 3.05. The van der Waals surface area contributed by atoms with Gasteiger partial charge in [-0.05, 0) is 12.1 Å². The van der Waals surface area contributed by atoms with Crippen LogP contribution < -0.4 is 10.2 Å². The Balaban J connectivity index is 1.86. The fourth-order valence-corrected chi connectivity index (χ4v) is 2.01. The maximum atomic E-state index is 9.79. The summed E-state index contributed by atoms with van der Waals surface area (Å²) in [5.41, 5.74) is 4.51. The van der Waals surface area contributed by atoms with Gasteiger partial charge >= 0.3 is 0 Å². The van der Waals surface area contributed by atoms with E-state index in [0.29, 0.717) is 11.6 Å². The molecule has 0 aliphatic carbocycles. The molecule has 1 heterocycles. The Morgan fingerprint density at radius 2 is 2.00 bits per heavy atom. The van der Waals surface area contributed by atoms with Crippen LogP contribution in [0.2, 0.25) is 0 Å². The first-order valence-electron chi connectivity index (χ1n) is 6.20. The van der Waals surface area contributed by atoms with E-state index in [-0.39, 0.29) is 5.75 Å². The van der Waals surface area contributed by atoms with E-state index in [0.717, 1.165) is 11.1 Å². The molecule has 1 atom stereocenters. The smallest absolute Gasteiger partial charge is 0.202 e. The van der Waals surface area contributed by atoms with Crippen molar-refractivity contribution in [3.05, 3.63) is 59.7 Å². The van der Waals surface area contributed by atoms with E-state index in [1.807, 2.05) is 36.4 Å². The summed E-state index contributed by atoms with van der Waals surface area (Å²) in [4.78, 5) is 9.89. The fraction of sp³-hybridized carbons (Fsp3) is 0.133. The van der Waals surface area contributed by atoms with E-state index in [1.54, 1.807) is 12.1 Å². The van der Waals surface area contributed by atoms with Gasteiger partial charge in [0.15, 0.2) is 17.3 Å². The lowest BCUT2D eigenvalue weighted by Crippen LogP contribution is -2.17. The van der Waals surface area contributed by atoms with Crippen LogP contribution in [0.3, 0.4) is 0 Å². The van der Waals surface area contributed by atoms with Crippen LogP contribution in [0.1, 0.15) is 17.4 Å². The number of hydrogen-bond donors (Lipinski definition) is 2. The van der Waals surface area contributed by atoms with Gasteiger partial charge in [0.2, 0.25) is 6.23 Å². The van der Waals surface area contributed by atoms with Gasteiger partial charge in [-0.25, -0.2) is 15.3 Å². The molecule has 1 aliphatic rings. The summed E-state index contributed by atoms with van der Waals surface area (Å²) in [7, 11) is 1.51. The molecule has 0 unspecified atom stereocenters. The molecule has 102 valence electrons. The summed E-state index contributed by atoms with van der Waals surface area (Å²) < 4.78 is 5.01. The van der Waals surface area contributed by atoms with Crippen molar-refractivity contribution in [2.75, 3.05) is 7.11 Å². The van der Waals surface area contributed by atoms with Gasteiger partial charge in [-0.2, -0.15) is 0 Å². The second-order valence-electron chi connectivity index (χ2n) is 4.35. The van der Waals surface area contributed by atoms with E-state index in [2.05, 4.69) is 10.5 Å². The molecule has 0 fully saturated rings. The highest BCUT2D eigenvalue weighted by molar-refractivity contribution is 5.98. The highest BCUT2D eigenvalue weighted by atomic mass is 16.7. The number of ether oxygens (including phenoxy) is 1. The molecule has 0 amide bonds.